The van der Waals surface area contributed by atoms with Crippen molar-refractivity contribution in [2.45, 2.75) is 46.3 Å². The van der Waals surface area contributed by atoms with Gasteiger partial charge in [-0.15, -0.1) is 10.2 Å². The lowest BCUT2D eigenvalue weighted by atomic mass is 10.1. The van der Waals surface area contributed by atoms with E-state index in [4.69, 9.17) is 21.1 Å². The molecule has 1 amide bonds. The normalized spacial score (nSPS) is 16.2. The summed E-state index contributed by atoms with van der Waals surface area (Å²) in [6, 6.07) is 9.59. The van der Waals surface area contributed by atoms with Gasteiger partial charge in [0.25, 0.3) is 0 Å². The van der Waals surface area contributed by atoms with E-state index in [0.29, 0.717) is 37.2 Å². The van der Waals surface area contributed by atoms with Gasteiger partial charge in [0, 0.05) is 49.9 Å². The summed E-state index contributed by atoms with van der Waals surface area (Å²) < 4.78 is 11.1. The van der Waals surface area contributed by atoms with E-state index in [1.165, 1.54) is 4.80 Å². The van der Waals surface area contributed by atoms with Gasteiger partial charge in [0.2, 0.25) is 5.91 Å². The fraction of sp³-hybridized carbons (Fsp3) is 0.464. The van der Waals surface area contributed by atoms with Gasteiger partial charge < -0.3 is 14.4 Å². The van der Waals surface area contributed by atoms with Crippen LogP contribution in [-0.2, 0) is 22.6 Å². The zero-order valence-electron chi connectivity index (χ0n) is 22.8. The van der Waals surface area contributed by atoms with E-state index < -0.39 is 0 Å². The van der Waals surface area contributed by atoms with E-state index in [1.807, 2.05) is 41.3 Å². The highest BCUT2D eigenvalue weighted by atomic mass is 35.5. The molecule has 11 heteroatoms. The Morgan fingerprint density at radius 2 is 2.03 bits per heavy atom. The lowest BCUT2D eigenvalue weighted by Gasteiger charge is -2.39. The molecule has 10 nitrogen and oxygen atoms in total. The standard InChI is InChI=1S/C28H36ClN7O3/c1-4-13-38-14-15-39-27-9-8-26(30-17-27)20-34-11-12-35(21(2)18-34)28(37)10-6-23-5-7-25(29)16-24(23)19-36-32-22(3)31-33-36/h5-10,16-17,21H,4,11-15,18-20H2,1-3H3/b10-6+/t21-/m1/s1. The van der Waals surface area contributed by atoms with Crippen LogP contribution in [-0.4, -0.2) is 86.4 Å². The van der Waals surface area contributed by atoms with Crippen molar-refractivity contribution in [2.75, 3.05) is 39.5 Å². The highest BCUT2D eigenvalue weighted by molar-refractivity contribution is 6.30. The number of aromatic nitrogens is 5. The molecule has 3 heterocycles. The minimum absolute atomic E-state index is 0.0136. The maximum Gasteiger partial charge on any atom is 0.246 e. The first-order valence-electron chi connectivity index (χ1n) is 13.3. The molecular formula is C28H36ClN7O3. The van der Waals surface area contributed by atoms with Crippen LogP contribution in [0.1, 0.15) is 42.9 Å². The van der Waals surface area contributed by atoms with Crippen molar-refractivity contribution in [1.82, 2.24) is 35.0 Å². The number of hydrogen-bond acceptors (Lipinski definition) is 8. The van der Waals surface area contributed by atoms with Crippen molar-refractivity contribution in [2.24, 2.45) is 0 Å². The number of ether oxygens (including phenoxy) is 2. The molecule has 1 aromatic carbocycles. The second kappa shape index (κ2) is 14.2. The number of halogens is 1. The van der Waals surface area contributed by atoms with Crippen molar-refractivity contribution < 1.29 is 14.3 Å². The van der Waals surface area contributed by atoms with E-state index in [2.05, 4.69) is 39.1 Å². The predicted molar refractivity (Wildman–Crippen MR) is 149 cm³/mol. The third-order valence-corrected chi connectivity index (χ3v) is 6.63. The monoisotopic (exact) mass is 553 g/mol. The maximum atomic E-state index is 13.1. The molecule has 1 aliphatic heterocycles. The molecule has 0 bridgehead atoms. The second-order valence-electron chi connectivity index (χ2n) is 9.61. The quantitative estimate of drug-likeness (QED) is 0.248. The van der Waals surface area contributed by atoms with Crippen LogP contribution < -0.4 is 4.74 Å². The zero-order valence-corrected chi connectivity index (χ0v) is 23.5. The number of nitrogens with zero attached hydrogens (tertiary/aromatic N) is 7. The molecule has 1 fully saturated rings. The van der Waals surface area contributed by atoms with Gasteiger partial charge in [-0.1, -0.05) is 24.6 Å². The molecule has 1 aliphatic rings. The molecule has 0 radical (unpaired) electrons. The molecule has 0 spiro atoms. The second-order valence-corrected chi connectivity index (χ2v) is 10.0. The Balaban J connectivity index is 1.28. The van der Waals surface area contributed by atoms with Crippen molar-refractivity contribution in [1.29, 1.82) is 0 Å². The molecule has 4 rings (SSSR count). The van der Waals surface area contributed by atoms with Crippen LogP contribution >= 0.6 is 11.6 Å². The van der Waals surface area contributed by atoms with E-state index in [9.17, 15) is 4.79 Å². The van der Waals surface area contributed by atoms with Gasteiger partial charge in [-0.3, -0.25) is 14.7 Å². The molecule has 39 heavy (non-hydrogen) atoms. The summed E-state index contributed by atoms with van der Waals surface area (Å²) in [5.41, 5.74) is 2.78. The summed E-state index contributed by atoms with van der Waals surface area (Å²) in [7, 11) is 0. The summed E-state index contributed by atoms with van der Waals surface area (Å²) >= 11 is 6.22. The van der Waals surface area contributed by atoms with E-state index in [-0.39, 0.29) is 11.9 Å². The first-order valence-corrected chi connectivity index (χ1v) is 13.7. The van der Waals surface area contributed by atoms with Crippen LogP contribution in [0.3, 0.4) is 0 Å². The number of piperazine rings is 1. The Kier molecular flexibility index (Phi) is 10.4. The van der Waals surface area contributed by atoms with E-state index in [1.54, 1.807) is 19.2 Å². The van der Waals surface area contributed by atoms with Gasteiger partial charge in [-0.2, -0.15) is 4.80 Å². The zero-order chi connectivity index (χ0) is 27.6. The number of tetrazole rings is 1. The van der Waals surface area contributed by atoms with Gasteiger partial charge in [0.15, 0.2) is 5.82 Å². The molecule has 1 atom stereocenters. The molecule has 3 aromatic rings. The number of amides is 1. The van der Waals surface area contributed by atoms with Crippen LogP contribution in [0, 0.1) is 6.92 Å². The summed E-state index contributed by atoms with van der Waals surface area (Å²) in [5, 5.41) is 12.8. The van der Waals surface area contributed by atoms with E-state index in [0.717, 1.165) is 55.2 Å². The highest BCUT2D eigenvalue weighted by Crippen LogP contribution is 2.20. The molecule has 208 valence electrons. The first kappa shape index (κ1) is 28.7. The number of carbonyl (C=O) groups is 1. The SMILES string of the molecule is CCCOCCOc1ccc(CN2CCN(C(=O)/C=C/c3ccc(Cl)cc3Cn3nnc(C)n3)[C@H](C)C2)nc1. The number of pyridine rings is 1. The topological polar surface area (TPSA) is 98.5 Å². The summed E-state index contributed by atoms with van der Waals surface area (Å²) in [6.07, 6.45) is 6.23. The summed E-state index contributed by atoms with van der Waals surface area (Å²) in [4.78, 5) is 23.4. The smallest absolute Gasteiger partial charge is 0.246 e. The molecule has 0 unspecified atom stereocenters. The molecule has 2 aromatic heterocycles. The van der Waals surface area contributed by atoms with Crippen molar-refractivity contribution >= 4 is 23.6 Å². The van der Waals surface area contributed by atoms with Crippen molar-refractivity contribution in [3.05, 3.63) is 70.3 Å². The largest absolute Gasteiger partial charge is 0.490 e. The van der Waals surface area contributed by atoms with Crippen LogP contribution in [0.5, 0.6) is 5.75 Å². The van der Waals surface area contributed by atoms with Crippen molar-refractivity contribution in [3.8, 4) is 5.75 Å². The average Bonchev–Trinajstić information content (AvgIpc) is 3.33. The number of benzene rings is 1. The van der Waals surface area contributed by atoms with Crippen LogP contribution in [0.15, 0.2) is 42.6 Å². The van der Waals surface area contributed by atoms with Gasteiger partial charge in [0.05, 0.1) is 25.0 Å². The van der Waals surface area contributed by atoms with Gasteiger partial charge >= 0.3 is 0 Å². The first-order chi connectivity index (χ1) is 18.9. The van der Waals surface area contributed by atoms with E-state index >= 15 is 0 Å². The lowest BCUT2D eigenvalue weighted by Crippen LogP contribution is -2.53. The molecule has 0 N–H and O–H groups in total. The Hall–Kier alpha value is -3.34. The number of rotatable bonds is 12. The Morgan fingerprint density at radius 1 is 1.15 bits per heavy atom. The minimum Gasteiger partial charge on any atom is -0.490 e. The Labute approximate surface area is 234 Å². The number of aryl methyl sites for hydroxylation is 1. The molecule has 0 saturated carbocycles. The number of carbonyl (C=O) groups excluding carboxylic acids is 1. The number of hydrogen-bond donors (Lipinski definition) is 0. The molecule has 1 saturated heterocycles. The van der Waals surface area contributed by atoms with Gasteiger partial charge in [0.1, 0.15) is 12.4 Å². The average molecular weight is 554 g/mol. The highest BCUT2D eigenvalue weighted by Gasteiger charge is 2.26. The molecular weight excluding hydrogens is 518 g/mol. The van der Waals surface area contributed by atoms with Crippen molar-refractivity contribution in [3.63, 3.8) is 0 Å². The minimum atomic E-state index is -0.0136. The van der Waals surface area contributed by atoms with Gasteiger partial charge in [-0.25, -0.2) is 0 Å². The Morgan fingerprint density at radius 3 is 2.74 bits per heavy atom. The van der Waals surface area contributed by atoms with Crippen LogP contribution in [0.2, 0.25) is 5.02 Å². The van der Waals surface area contributed by atoms with Gasteiger partial charge in [-0.05, 0) is 67.0 Å². The third-order valence-electron chi connectivity index (χ3n) is 6.40. The van der Waals surface area contributed by atoms with Crippen LogP contribution in [0.4, 0.5) is 0 Å². The molecule has 0 aliphatic carbocycles. The fourth-order valence-corrected chi connectivity index (χ4v) is 4.66. The Bertz CT molecular complexity index is 1250. The third kappa shape index (κ3) is 8.58. The lowest BCUT2D eigenvalue weighted by molar-refractivity contribution is -0.130. The summed E-state index contributed by atoms with van der Waals surface area (Å²) in [5.74, 6) is 1.33. The fourth-order valence-electron chi connectivity index (χ4n) is 4.46. The summed E-state index contributed by atoms with van der Waals surface area (Å²) in [6.45, 7) is 11.1. The predicted octanol–water partition coefficient (Wildman–Crippen LogP) is 3.63. The van der Waals surface area contributed by atoms with Crippen LogP contribution in [0.25, 0.3) is 6.08 Å². The maximum absolute atomic E-state index is 13.1.